The molecule has 18 heavy (non-hydrogen) atoms. The smallest absolute Gasteiger partial charge is 0.140 e. The molecule has 2 aromatic carbocycles. The second-order valence-electron chi connectivity index (χ2n) is 3.87. The highest BCUT2D eigenvalue weighted by Crippen LogP contribution is 2.37. The molecule has 94 valence electrons. The maximum absolute atomic E-state index is 12.0. The van der Waals surface area contributed by atoms with Crippen LogP contribution in [-0.4, -0.2) is 14.4 Å². The molecule has 3 nitrogen and oxygen atoms in total. The Kier molecular flexibility index (Phi) is 3.67. The fourth-order valence-corrected chi connectivity index (χ4v) is 2.77. The van der Waals surface area contributed by atoms with Gasteiger partial charge in [0, 0.05) is 22.2 Å². The normalized spacial score (nSPS) is 13.2. The fourth-order valence-electron chi connectivity index (χ4n) is 1.73. The van der Waals surface area contributed by atoms with Gasteiger partial charge in [0.25, 0.3) is 0 Å². The summed E-state index contributed by atoms with van der Waals surface area (Å²) in [5, 5.41) is 22.6. The van der Waals surface area contributed by atoms with Gasteiger partial charge >= 0.3 is 0 Å². The number of phenolic OH excluding ortho intramolecular Hbond substituents is 2. The zero-order valence-corrected chi connectivity index (χ0v) is 10.8. The van der Waals surface area contributed by atoms with Gasteiger partial charge in [-0.05, 0) is 6.42 Å². The topological polar surface area (TPSA) is 57.5 Å². The first-order chi connectivity index (χ1) is 8.65. The van der Waals surface area contributed by atoms with Crippen molar-refractivity contribution in [1.82, 2.24) is 0 Å². The Labute approximate surface area is 108 Å². The lowest BCUT2D eigenvalue weighted by Crippen LogP contribution is -1.89. The Morgan fingerprint density at radius 2 is 1.89 bits per heavy atom. The molecular weight excluding hydrogens is 248 g/mol. The van der Waals surface area contributed by atoms with E-state index in [0.29, 0.717) is 10.8 Å². The first-order valence-corrected chi connectivity index (χ1v) is 6.87. The average molecular weight is 262 g/mol. The minimum Gasteiger partial charge on any atom is -0.507 e. The SMILES string of the molecule is CC/C=C/S(=O)c1cc(O)c2ccccc2c1O. The molecule has 1 unspecified atom stereocenters. The molecule has 4 heteroatoms. The molecule has 0 aliphatic rings. The molecule has 2 rings (SSSR count). The molecule has 0 saturated carbocycles. The summed E-state index contributed by atoms with van der Waals surface area (Å²) < 4.78 is 12.0. The van der Waals surface area contributed by atoms with Crippen LogP contribution in [0.1, 0.15) is 13.3 Å². The number of rotatable bonds is 3. The summed E-state index contributed by atoms with van der Waals surface area (Å²) in [6, 6.07) is 8.28. The molecule has 0 heterocycles. The van der Waals surface area contributed by atoms with Crippen LogP contribution in [0.2, 0.25) is 0 Å². The van der Waals surface area contributed by atoms with Gasteiger partial charge in [-0.15, -0.1) is 0 Å². The van der Waals surface area contributed by atoms with Crippen molar-refractivity contribution < 1.29 is 14.4 Å². The van der Waals surface area contributed by atoms with Crippen LogP contribution in [-0.2, 0) is 10.8 Å². The summed E-state index contributed by atoms with van der Waals surface area (Å²) in [6.07, 6.45) is 2.54. The first-order valence-electron chi connectivity index (χ1n) is 5.66. The quantitative estimate of drug-likeness (QED) is 0.834. The molecule has 2 N–H and O–H groups in total. The van der Waals surface area contributed by atoms with Crippen LogP contribution in [0, 0.1) is 0 Å². The molecular formula is C14H14O3S. The van der Waals surface area contributed by atoms with Gasteiger partial charge in [-0.2, -0.15) is 0 Å². The zero-order chi connectivity index (χ0) is 13.1. The molecule has 0 aromatic heterocycles. The van der Waals surface area contributed by atoms with Crippen molar-refractivity contribution in [3.05, 3.63) is 41.8 Å². The molecule has 0 radical (unpaired) electrons. The van der Waals surface area contributed by atoms with E-state index in [0.717, 1.165) is 6.42 Å². The summed E-state index contributed by atoms with van der Waals surface area (Å²) in [5.41, 5.74) is 0. The summed E-state index contributed by atoms with van der Waals surface area (Å²) in [5.74, 6) is -0.0147. The van der Waals surface area contributed by atoms with Crippen LogP contribution in [0.4, 0.5) is 0 Å². The van der Waals surface area contributed by atoms with Gasteiger partial charge in [0.15, 0.2) is 0 Å². The summed E-state index contributed by atoms with van der Waals surface area (Å²) in [6.45, 7) is 1.94. The number of hydrogen-bond acceptors (Lipinski definition) is 3. The van der Waals surface area contributed by atoms with Crippen molar-refractivity contribution in [2.45, 2.75) is 18.2 Å². The predicted molar refractivity (Wildman–Crippen MR) is 73.1 cm³/mol. The molecule has 0 fully saturated rings. The van der Waals surface area contributed by atoms with Gasteiger partial charge in [0.05, 0.1) is 15.7 Å². The Morgan fingerprint density at radius 3 is 2.56 bits per heavy atom. The summed E-state index contributed by atoms with van der Waals surface area (Å²) in [7, 11) is -1.45. The maximum atomic E-state index is 12.0. The predicted octanol–water partition coefficient (Wildman–Crippen LogP) is 3.28. The summed E-state index contributed by atoms with van der Waals surface area (Å²) in [4.78, 5) is 0.232. The third-order valence-corrected chi connectivity index (χ3v) is 3.82. The van der Waals surface area contributed by atoms with Crippen LogP contribution in [0.25, 0.3) is 10.8 Å². The monoisotopic (exact) mass is 262 g/mol. The van der Waals surface area contributed by atoms with Crippen molar-refractivity contribution in [1.29, 1.82) is 0 Å². The molecule has 2 aromatic rings. The number of fused-ring (bicyclic) bond motifs is 1. The van der Waals surface area contributed by atoms with E-state index in [-0.39, 0.29) is 16.4 Å². The molecule has 0 spiro atoms. The molecule has 0 saturated heterocycles. The second-order valence-corrected chi connectivity index (χ2v) is 5.17. The highest BCUT2D eigenvalue weighted by Gasteiger charge is 2.13. The lowest BCUT2D eigenvalue weighted by atomic mass is 10.1. The van der Waals surface area contributed by atoms with E-state index in [1.165, 1.54) is 11.5 Å². The standard InChI is InChI=1S/C14H14O3S/c1-2-3-8-18(17)13-9-12(15)10-6-4-5-7-11(10)14(13)16/h3-9,15-16H,2H2,1H3/b8-3+. The van der Waals surface area contributed by atoms with Gasteiger partial charge in [-0.1, -0.05) is 37.3 Å². The van der Waals surface area contributed by atoms with Crippen LogP contribution in [0.3, 0.4) is 0 Å². The zero-order valence-electron chi connectivity index (χ0n) is 9.96. The van der Waals surface area contributed by atoms with E-state index >= 15 is 0 Å². The second kappa shape index (κ2) is 5.23. The number of benzene rings is 2. The van der Waals surface area contributed by atoms with Crippen LogP contribution in [0.5, 0.6) is 11.5 Å². The Balaban J connectivity index is 2.63. The van der Waals surface area contributed by atoms with Gasteiger partial charge in [0.1, 0.15) is 11.5 Å². The highest BCUT2D eigenvalue weighted by atomic mass is 32.2. The lowest BCUT2D eigenvalue weighted by molar-refractivity contribution is 0.457. The van der Waals surface area contributed by atoms with Gasteiger partial charge < -0.3 is 10.2 Å². The van der Waals surface area contributed by atoms with Gasteiger partial charge in [0.2, 0.25) is 0 Å². The van der Waals surface area contributed by atoms with Crippen LogP contribution >= 0.6 is 0 Å². The van der Waals surface area contributed by atoms with Crippen molar-refractivity contribution in [3.63, 3.8) is 0 Å². The van der Waals surface area contributed by atoms with Crippen LogP contribution < -0.4 is 0 Å². The summed E-state index contributed by atoms with van der Waals surface area (Å²) >= 11 is 0. The van der Waals surface area contributed by atoms with Crippen molar-refractivity contribution >= 4 is 21.6 Å². The van der Waals surface area contributed by atoms with E-state index in [4.69, 9.17) is 0 Å². The fraction of sp³-hybridized carbons (Fsp3) is 0.143. The van der Waals surface area contributed by atoms with E-state index in [9.17, 15) is 14.4 Å². The average Bonchev–Trinajstić information content (AvgIpc) is 2.40. The Morgan fingerprint density at radius 1 is 1.22 bits per heavy atom. The van der Waals surface area contributed by atoms with Crippen LogP contribution in [0.15, 0.2) is 46.7 Å². The Bertz CT molecular complexity index is 632. The Hall–Kier alpha value is -1.81. The first kappa shape index (κ1) is 12.6. The van der Waals surface area contributed by atoms with Crippen molar-refractivity contribution in [3.8, 4) is 11.5 Å². The number of allylic oxidation sites excluding steroid dienone is 1. The van der Waals surface area contributed by atoms with E-state index in [1.807, 2.05) is 6.92 Å². The lowest BCUT2D eigenvalue weighted by Gasteiger charge is -2.07. The minimum absolute atomic E-state index is 0.0247. The molecule has 0 amide bonds. The third kappa shape index (κ3) is 2.24. The van der Waals surface area contributed by atoms with Gasteiger partial charge in [-0.25, -0.2) is 4.21 Å². The molecule has 0 aliphatic carbocycles. The number of phenols is 2. The highest BCUT2D eigenvalue weighted by molar-refractivity contribution is 7.88. The number of aromatic hydroxyl groups is 2. The minimum atomic E-state index is -1.45. The molecule has 0 bridgehead atoms. The molecule has 0 aliphatic heterocycles. The van der Waals surface area contributed by atoms with E-state index in [1.54, 1.807) is 30.3 Å². The molecule has 1 atom stereocenters. The van der Waals surface area contributed by atoms with Crippen molar-refractivity contribution in [2.24, 2.45) is 0 Å². The van der Waals surface area contributed by atoms with Gasteiger partial charge in [-0.3, -0.25) is 0 Å². The van der Waals surface area contributed by atoms with E-state index in [2.05, 4.69) is 0 Å². The third-order valence-electron chi connectivity index (χ3n) is 2.63. The largest absolute Gasteiger partial charge is 0.507 e. The van der Waals surface area contributed by atoms with E-state index < -0.39 is 10.8 Å². The number of hydrogen-bond donors (Lipinski definition) is 2. The maximum Gasteiger partial charge on any atom is 0.140 e. The van der Waals surface area contributed by atoms with Crippen molar-refractivity contribution in [2.75, 3.05) is 0 Å².